The van der Waals surface area contributed by atoms with E-state index in [4.69, 9.17) is 5.84 Å². The number of nitrogens with two attached hydrogens (primary N) is 1. The van der Waals surface area contributed by atoms with Crippen molar-refractivity contribution in [2.75, 3.05) is 7.05 Å². The van der Waals surface area contributed by atoms with Crippen LogP contribution in [0.4, 0.5) is 13.2 Å². The fourth-order valence-electron chi connectivity index (χ4n) is 0.234. The molecule has 2 N–H and O–H groups in total. The van der Waals surface area contributed by atoms with Crippen molar-refractivity contribution in [1.29, 1.82) is 0 Å². The summed E-state index contributed by atoms with van der Waals surface area (Å²) in [5.74, 6) is 4.96. The monoisotopic (exact) mass is 167 g/mol. The zero-order chi connectivity index (χ0) is 9.07. The molecule has 0 unspecified atom stereocenters. The summed E-state index contributed by atoms with van der Waals surface area (Å²) in [4.78, 5) is 2.95. The first kappa shape index (κ1) is 9.96. The molecule has 0 fully saturated rings. The molecule has 0 heterocycles. The van der Waals surface area contributed by atoms with Crippen LogP contribution < -0.4 is 5.84 Å². The molecular formula is C5H8F3N3. The molecular weight excluding hydrogens is 159 g/mol. The second-order valence-electron chi connectivity index (χ2n) is 1.85. The van der Waals surface area contributed by atoms with E-state index < -0.39 is 11.9 Å². The van der Waals surface area contributed by atoms with E-state index in [1.54, 1.807) is 0 Å². The van der Waals surface area contributed by atoms with Gasteiger partial charge >= 0.3 is 6.18 Å². The van der Waals surface area contributed by atoms with Crippen LogP contribution in [0.5, 0.6) is 0 Å². The molecule has 0 amide bonds. The van der Waals surface area contributed by atoms with Crippen LogP contribution in [-0.4, -0.2) is 24.6 Å². The van der Waals surface area contributed by atoms with Gasteiger partial charge < -0.3 is 5.01 Å². The Labute approximate surface area is 62.0 Å². The predicted molar refractivity (Wildman–Crippen MR) is 35.6 cm³/mol. The lowest BCUT2D eigenvalue weighted by molar-refractivity contribution is -0.0919. The molecule has 0 aromatic rings. The molecule has 0 radical (unpaired) electrons. The Morgan fingerprint density at radius 2 is 2.09 bits per heavy atom. The zero-order valence-corrected chi connectivity index (χ0v) is 5.89. The highest BCUT2D eigenvalue weighted by atomic mass is 19.4. The van der Waals surface area contributed by atoms with Gasteiger partial charge in [0.15, 0.2) is 0 Å². The van der Waals surface area contributed by atoms with Crippen molar-refractivity contribution < 1.29 is 13.2 Å². The number of hydrogen-bond donors (Lipinski definition) is 1. The van der Waals surface area contributed by atoms with Crippen LogP contribution in [0.3, 0.4) is 0 Å². The average molecular weight is 167 g/mol. The molecule has 3 nitrogen and oxygen atoms in total. The summed E-state index contributed by atoms with van der Waals surface area (Å²) in [7, 11) is 1.35. The third-order valence-electron chi connectivity index (χ3n) is 0.723. The second kappa shape index (κ2) is 3.38. The number of allylic oxidation sites excluding steroid dienone is 1. The summed E-state index contributed by atoms with van der Waals surface area (Å²) in [6, 6.07) is 0. The van der Waals surface area contributed by atoms with Crippen molar-refractivity contribution in [3.8, 4) is 0 Å². The number of rotatable bonds is 2. The molecule has 64 valence electrons. The van der Waals surface area contributed by atoms with Gasteiger partial charge in [-0.3, -0.25) is 0 Å². The maximum Gasteiger partial charge on any atom is 0.432 e. The van der Waals surface area contributed by atoms with Gasteiger partial charge in [-0.15, -0.1) is 0 Å². The van der Waals surface area contributed by atoms with E-state index >= 15 is 0 Å². The number of hydrogen-bond acceptors (Lipinski definition) is 2. The normalized spacial score (nSPS) is 12.1. The van der Waals surface area contributed by atoms with E-state index in [0.29, 0.717) is 0 Å². The molecule has 0 aromatic carbocycles. The van der Waals surface area contributed by atoms with Crippen LogP contribution in [0.1, 0.15) is 0 Å². The molecule has 0 rings (SSSR count). The third kappa shape index (κ3) is 4.38. The van der Waals surface area contributed by atoms with Gasteiger partial charge in [0.2, 0.25) is 0 Å². The van der Waals surface area contributed by atoms with Crippen LogP contribution in [-0.2, 0) is 0 Å². The van der Waals surface area contributed by atoms with Crippen LogP contribution in [0, 0.1) is 0 Å². The number of nitrogens with zero attached hydrogens (tertiary/aromatic N) is 2. The molecule has 0 saturated carbocycles. The lowest BCUT2D eigenvalue weighted by Gasteiger charge is -2.06. The first-order chi connectivity index (χ1) is 4.84. The highest BCUT2D eigenvalue weighted by Crippen LogP contribution is 2.24. The quantitative estimate of drug-likeness (QED) is 0.287. The van der Waals surface area contributed by atoms with E-state index in [1.807, 2.05) is 0 Å². The van der Waals surface area contributed by atoms with Crippen LogP contribution in [0.25, 0.3) is 0 Å². The smallest absolute Gasteiger partial charge is 0.304 e. The predicted octanol–water partition coefficient (Wildman–Crippen LogP) is 0.896. The molecule has 0 aliphatic heterocycles. The molecule has 0 atom stereocenters. The Morgan fingerprint density at radius 3 is 2.36 bits per heavy atom. The van der Waals surface area contributed by atoms with Gasteiger partial charge in [0.1, 0.15) is 12.0 Å². The van der Waals surface area contributed by atoms with Gasteiger partial charge in [0, 0.05) is 7.05 Å². The molecule has 0 saturated heterocycles. The van der Waals surface area contributed by atoms with Crippen molar-refractivity contribution in [3.63, 3.8) is 0 Å². The summed E-state index contributed by atoms with van der Waals surface area (Å²) >= 11 is 0. The fraction of sp³-hybridized carbons (Fsp3) is 0.400. The maximum atomic E-state index is 11.6. The lowest BCUT2D eigenvalue weighted by Crippen LogP contribution is -2.24. The van der Waals surface area contributed by atoms with Gasteiger partial charge in [-0.05, 0) is 0 Å². The van der Waals surface area contributed by atoms with Crippen molar-refractivity contribution in [1.82, 2.24) is 5.01 Å². The minimum atomic E-state index is -4.48. The van der Waals surface area contributed by atoms with Crippen molar-refractivity contribution in [2.45, 2.75) is 6.18 Å². The van der Waals surface area contributed by atoms with Gasteiger partial charge in [-0.1, -0.05) is 6.58 Å². The number of hydrazine groups is 1. The molecule has 0 aromatic heterocycles. The van der Waals surface area contributed by atoms with Crippen molar-refractivity contribution >= 4 is 6.34 Å². The van der Waals surface area contributed by atoms with E-state index in [2.05, 4.69) is 11.6 Å². The van der Waals surface area contributed by atoms with E-state index in [9.17, 15) is 13.2 Å². The zero-order valence-electron chi connectivity index (χ0n) is 5.89. The molecule has 0 aliphatic rings. The number of aliphatic imine (C=N–C) groups is 1. The average Bonchev–Trinajstić information content (AvgIpc) is 1.80. The van der Waals surface area contributed by atoms with E-state index in [1.165, 1.54) is 7.05 Å². The number of halogens is 3. The standard InChI is InChI=1S/C5H8F3N3/c1-4(5(6,7)8)10-3-11(2)9/h3H,1,9H2,2H3. The lowest BCUT2D eigenvalue weighted by atomic mass is 10.5. The first-order valence-electron chi connectivity index (χ1n) is 2.62. The molecule has 0 spiro atoms. The first-order valence-corrected chi connectivity index (χ1v) is 2.62. The van der Waals surface area contributed by atoms with Crippen molar-refractivity contribution in [2.24, 2.45) is 10.8 Å². The summed E-state index contributed by atoms with van der Waals surface area (Å²) in [5, 5.41) is 0.900. The van der Waals surface area contributed by atoms with Gasteiger partial charge in [0.25, 0.3) is 0 Å². The van der Waals surface area contributed by atoms with Gasteiger partial charge in [-0.25, -0.2) is 10.8 Å². The topological polar surface area (TPSA) is 41.6 Å². The maximum absolute atomic E-state index is 11.6. The van der Waals surface area contributed by atoms with Crippen LogP contribution in [0.2, 0.25) is 0 Å². The Morgan fingerprint density at radius 1 is 1.64 bits per heavy atom. The summed E-state index contributed by atoms with van der Waals surface area (Å²) in [6.45, 7) is 2.69. The molecule has 0 bridgehead atoms. The Balaban J connectivity index is 4.09. The third-order valence-corrected chi connectivity index (χ3v) is 0.723. The van der Waals surface area contributed by atoms with Crippen LogP contribution in [0.15, 0.2) is 17.3 Å². The number of alkyl halides is 3. The highest BCUT2D eigenvalue weighted by molar-refractivity contribution is 5.55. The summed E-state index contributed by atoms with van der Waals surface area (Å²) < 4.78 is 34.9. The summed E-state index contributed by atoms with van der Waals surface area (Å²) in [5.41, 5.74) is -1.17. The fourth-order valence-corrected chi connectivity index (χ4v) is 0.234. The molecule has 0 aliphatic carbocycles. The van der Waals surface area contributed by atoms with Crippen LogP contribution >= 0.6 is 0 Å². The molecule has 6 heteroatoms. The van der Waals surface area contributed by atoms with Gasteiger partial charge in [-0.2, -0.15) is 13.2 Å². The minimum absolute atomic E-state index is 0.829. The van der Waals surface area contributed by atoms with E-state index in [-0.39, 0.29) is 0 Å². The largest absolute Gasteiger partial charge is 0.432 e. The Hall–Kier alpha value is -1.04. The van der Waals surface area contributed by atoms with Crippen molar-refractivity contribution in [3.05, 3.63) is 12.3 Å². The Kier molecular flexibility index (Phi) is 3.06. The minimum Gasteiger partial charge on any atom is -0.304 e. The Bertz CT molecular complexity index is 170. The highest BCUT2D eigenvalue weighted by Gasteiger charge is 2.31. The summed E-state index contributed by atoms with van der Waals surface area (Å²) in [6.07, 6.45) is -3.65. The SMILES string of the molecule is C=C(N=CN(C)N)C(F)(F)F. The van der Waals surface area contributed by atoms with Gasteiger partial charge in [0.05, 0.1) is 0 Å². The second-order valence-corrected chi connectivity index (χ2v) is 1.85. The van der Waals surface area contributed by atoms with E-state index in [0.717, 1.165) is 11.3 Å². The molecule has 11 heavy (non-hydrogen) atoms.